The van der Waals surface area contributed by atoms with Crippen molar-refractivity contribution in [1.29, 1.82) is 0 Å². The van der Waals surface area contributed by atoms with Gasteiger partial charge < -0.3 is 4.57 Å². The second-order valence-electron chi connectivity index (χ2n) is 4.84. The van der Waals surface area contributed by atoms with Crippen LogP contribution in [0.25, 0.3) is 0 Å². The summed E-state index contributed by atoms with van der Waals surface area (Å²) in [5.41, 5.74) is 2.27. The first-order valence-corrected chi connectivity index (χ1v) is 6.82. The molecule has 0 bridgehead atoms. The van der Waals surface area contributed by atoms with E-state index in [1.165, 1.54) is 22.1 Å². The Morgan fingerprint density at radius 2 is 2.17 bits per heavy atom. The van der Waals surface area contributed by atoms with E-state index in [1.54, 1.807) is 0 Å². The van der Waals surface area contributed by atoms with E-state index in [0.717, 1.165) is 18.8 Å². The zero-order valence-electron chi connectivity index (χ0n) is 11.3. The van der Waals surface area contributed by atoms with Crippen LogP contribution in [-0.2, 0) is 13.1 Å². The molecule has 0 spiro atoms. The standard InChI is InChI=1S/C12H19N5S/c1-9(2)17-8-13-5-11(17)6-16(4)7-12-10(3)14-15-18-12/h5,8-9H,6-7H2,1-4H3. The van der Waals surface area contributed by atoms with Crippen molar-refractivity contribution in [2.24, 2.45) is 0 Å². The Kier molecular flexibility index (Phi) is 4.08. The Morgan fingerprint density at radius 3 is 2.78 bits per heavy atom. The molecule has 0 fully saturated rings. The average molecular weight is 265 g/mol. The number of aromatic nitrogens is 4. The minimum Gasteiger partial charge on any atom is -0.331 e. The molecule has 18 heavy (non-hydrogen) atoms. The maximum absolute atomic E-state index is 4.23. The quantitative estimate of drug-likeness (QED) is 0.832. The van der Waals surface area contributed by atoms with Crippen LogP contribution in [0, 0.1) is 6.92 Å². The lowest BCUT2D eigenvalue weighted by Crippen LogP contribution is -2.19. The van der Waals surface area contributed by atoms with E-state index in [9.17, 15) is 0 Å². The fraction of sp³-hybridized carbons (Fsp3) is 0.583. The van der Waals surface area contributed by atoms with Gasteiger partial charge in [0.15, 0.2) is 0 Å². The molecule has 0 aliphatic heterocycles. The van der Waals surface area contributed by atoms with E-state index >= 15 is 0 Å². The fourth-order valence-electron chi connectivity index (χ4n) is 1.89. The van der Waals surface area contributed by atoms with E-state index in [0.29, 0.717) is 6.04 Å². The van der Waals surface area contributed by atoms with Crippen LogP contribution in [0.2, 0.25) is 0 Å². The van der Waals surface area contributed by atoms with Crippen molar-refractivity contribution in [3.63, 3.8) is 0 Å². The number of aryl methyl sites for hydroxylation is 1. The molecule has 2 aromatic rings. The second kappa shape index (κ2) is 5.58. The first-order valence-electron chi connectivity index (χ1n) is 6.05. The summed E-state index contributed by atoms with van der Waals surface area (Å²) in [6.07, 6.45) is 3.83. The highest BCUT2D eigenvalue weighted by Gasteiger charge is 2.11. The van der Waals surface area contributed by atoms with Gasteiger partial charge in [0.25, 0.3) is 0 Å². The molecule has 0 atom stereocenters. The van der Waals surface area contributed by atoms with Crippen molar-refractivity contribution in [3.8, 4) is 0 Å². The van der Waals surface area contributed by atoms with Gasteiger partial charge in [-0.2, -0.15) is 0 Å². The Labute approximate surface area is 112 Å². The number of hydrogen-bond acceptors (Lipinski definition) is 5. The summed E-state index contributed by atoms with van der Waals surface area (Å²) in [6, 6.07) is 0.447. The van der Waals surface area contributed by atoms with Crippen LogP contribution in [0.4, 0.5) is 0 Å². The molecule has 98 valence electrons. The van der Waals surface area contributed by atoms with E-state index in [1.807, 2.05) is 19.4 Å². The third-order valence-electron chi connectivity index (χ3n) is 2.89. The molecule has 0 aliphatic carbocycles. The lowest BCUT2D eigenvalue weighted by molar-refractivity contribution is 0.309. The number of imidazole rings is 1. The lowest BCUT2D eigenvalue weighted by atomic mass is 10.3. The summed E-state index contributed by atoms with van der Waals surface area (Å²) in [7, 11) is 2.11. The molecule has 6 heteroatoms. The molecular formula is C12H19N5S. The van der Waals surface area contributed by atoms with E-state index < -0.39 is 0 Å². The molecule has 0 saturated heterocycles. The molecule has 0 unspecified atom stereocenters. The third kappa shape index (κ3) is 2.94. The van der Waals surface area contributed by atoms with Gasteiger partial charge in [-0.3, -0.25) is 4.90 Å². The van der Waals surface area contributed by atoms with Crippen LogP contribution in [0.15, 0.2) is 12.5 Å². The predicted octanol–water partition coefficient (Wildman–Crippen LogP) is 2.26. The summed E-state index contributed by atoms with van der Waals surface area (Å²) in [4.78, 5) is 7.72. The normalized spacial score (nSPS) is 11.7. The van der Waals surface area contributed by atoms with Crippen LogP contribution in [0.3, 0.4) is 0 Å². The van der Waals surface area contributed by atoms with Gasteiger partial charge >= 0.3 is 0 Å². The smallest absolute Gasteiger partial charge is 0.0951 e. The molecule has 2 rings (SSSR count). The molecule has 0 amide bonds. The minimum atomic E-state index is 0.447. The van der Waals surface area contributed by atoms with Gasteiger partial charge in [0.2, 0.25) is 0 Å². The Morgan fingerprint density at radius 1 is 1.39 bits per heavy atom. The van der Waals surface area contributed by atoms with Gasteiger partial charge in [0.05, 0.1) is 22.6 Å². The highest BCUT2D eigenvalue weighted by Crippen LogP contribution is 2.15. The summed E-state index contributed by atoms with van der Waals surface area (Å²) in [6.45, 7) is 8.11. The molecule has 0 radical (unpaired) electrons. The van der Waals surface area contributed by atoms with Gasteiger partial charge in [-0.1, -0.05) is 4.49 Å². The topological polar surface area (TPSA) is 46.8 Å². The van der Waals surface area contributed by atoms with E-state index in [4.69, 9.17) is 0 Å². The average Bonchev–Trinajstić information content (AvgIpc) is 2.89. The Balaban J connectivity index is 2.01. The van der Waals surface area contributed by atoms with Gasteiger partial charge in [0.1, 0.15) is 0 Å². The Bertz CT molecular complexity index is 502. The summed E-state index contributed by atoms with van der Waals surface area (Å²) in [5.74, 6) is 0. The van der Waals surface area contributed by atoms with Crippen LogP contribution in [0.5, 0.6) is 0 Å². The number of nitrogens with zero attached hydrogens (tertiary/aromatic N) is 5. The molecule has 0 aliphatic rings. The Hall–Kier alpha value is -1.27. The van der Waals surface area contributed by atoms with E-state index in [-0.39, 0.29) is 0 Å². The van der Waals surface area contributed by atoms with Crippen molar-refractivity contribution in [1.82, 2.24) is 24.0 Å². The maximum Gasteiger partial charge on any atom is 0.0951 e. The molecule has 0 aromatic carbocycles. The van der Waals surface area contributed by atoms with Crippen LogP contribution < -0.4 is 0 Å². The highest BCUT2D eigenvalue weighted by atomic mass is 32.1. The fourth-order valence-corrected chi connectivity index (χ4v) is 2.61. The van der Waals surface area contributed by atoms with Crippen LogP contribution >= 0.6 is 11.5 Å². The molecule has 5 nitrogen and oxygen atoms in total. The lowest BCUT2D eigenvalue weighted by Gasteiger charge is -2.18. The molecule has 2 heterocycles. The van der Waals surface area contributed by atoms with Crippen molar-refractivity contribution in [2.45, 2.75) is 39.9 Å². The number of hydrogen-bond donors (Lipinski definition) is 0. The summed E-state index contributed by atoms with van der Waals surface area (Å²) < 4.78 is 6.17. The minimum absolute atomic E-state index is 0.447. The molecular weight excluding hydrogens is 246 g/mol. The first-order chi connectivity index (χ1) is 8.58. The summed E-state index contributed by atoms with van der Waals surface area (Å²) >= 11 is 1.48. The zero-order chi connectivity index (χ0) is 13.1. The number of rotatable bonds is 5. The van der Waals surface area contributed by atoms with Crippen molar-refractivity contribution in [3.05, 3.63) is 28.8 Å². The first kappa shape index (κ1) is 13.2. The second-order valence-corrected chi connectivity index (χ2v) is 5.68. The monoisotopic (exact) mass is 265 g/mol. The molecule has 0 N–H and O–H groups in total. The third-order valence-corrected chi connectivity index (χ3v) is 3.70. The van der Waals surface area contributed by atoms with Crippen LogP contribution in [0.1, 0.15) is 36.2 Å². The van der Waals surface area contributed by atoms with Gasteiger partial charge in [-0.25, -0.2) is 4.98 Å². The van der Waals surface area contributed by atoms with Gasteiger partial charge in [-0.05, 0) is 39.4 Å². The van der Waals surface area contributed by atoms with Gasteiger partial charge in [-0.15, -0.1) is 5.10 Å². The largest absolute Gasteiger partial charge is 0.331 e. The maximum atomic E-state index is 4.23. The van der Waals surface area contributed by atoms with Crippen molar-refractivity contribution in [2.75, 3.05) is 7.05 Å². The summed E-state index contributed by atoms with van der Waals surface area (Å²) in [5, 5.41) is 4.04. The van der Waals surface area contributed by atoms with E-state index in [2.05, 4.69) is 44.9 Å². The molecule has 0 saturated carbocycles. The zero-order valence-corrected chi connectivity index (χ0v) is 12.1. The predicted molar refractivity (Wildman–Crippen MR) is 72.4 cm³/mol. The van der Waals surface area contributed by atoms with Gasteiger partial charge in [0, 0.05) is 25.3 Å². The SMILES string of the molecule is Cc1nnsc1CN(C)Cc1cncn1C(C)C. The molecule has 2 aromatic heterocycles. The van der Waals surface area contributed by atoms with Crippen LogP contribution in [-0.4, -0.2) is 31.1 Å². The van der Waals surface area contributed by atoms with Crippen molar-refractivity contribution >= 4 is 11.5 Å². The van der Waals surface area contributed by atoms with Crippen molar-refractivity contribution < 1.29 is 0 Å². The highest BCUT2D eigenvalue weighted by molar-refractivity contribution is 7.05.